The second kappa shape index (κ2) is 7.09. The van der Waals surface area contributed by atoms with E-state index in [1.165, 1.54) is 5.56 Å². The lowest BCUT2D eigenvalue weighted by atomic mass is 9.98. The summed E-state index contributed by atoms with van der Waals surface area (Å²) in [5.41, 5.74) is 4.42. The number of nitrogens with zero attached hydrogens (tertiary/aromatic N) is 3. The van der Waals surface area contributed by atoms with E-state index in [1.807, 2.05) is 36.9 Å². The van der Waals surface area contributed by atoms with Crippen molar-refractivity contribution in [2.75, 3.05) is 20.8 Å². The fraction of sp³-hybridized carbons (Fsp3) is 0.421. The summed E-state index contributed by atoms with van der Waals surface area (Å²) in [5.74, 6) is 1.41. The second-order valence-corrected chi connectivity index (χ2v) is 6.14. The first-order valence-corrected chi connectivity index (χ1v) is 8.43. The number of fused-ring (bicyclic) bond motifs is 1. The minimum Gasteiger partial charge on any atom is -0.493 e. The Morgan fingerprint density at radius 1 is 1.12 bits per heavy atom. The number of amides is 1. The van der Waals surface area contributed by atoms with Gasteiger partial charge in [-0.25, -0.2) is 0 Å². The highest BCUT2D eigenvalue weighted by Crippen LogP contribution is 2.33. The summed E-state index contributed by atoms with van der Waals surface area (Å²) in [7, 11) is 3.25. The van der Waals surface area contributed by atoms with Gasteiger partial charge in [0.15, 0.2) is 11.5 Å². The molecule has 0 spiro atoms. The summed E-state index contributed by atoms with van der Waals surface area (Å²) >= 11 is 0. The monoisotopic (exact) mass is 341 g/mol. The third kappa shape index (κ3) is 3.29. The average Bonchev–Trinajstić information content (AvgIpc) is 2.66. The number of ether oxygens (including phenoxy) is 2. The molecule has 0 bridgehead atoms. The zero-order valence-electron chi connectivity index (χ0n) is 15.1. The van der Waals surface area contributed by atoms with E-state index in [0.717, 1.165) is 29.8 Å². The quantitative estimate of drug-likeness (QED) is 0.855. The van der Waals surface area contributed by atoms with Crippen molar-refractivity contribution in [2.24, 2.45) is 0 Å². The van der Waals surface area contributed by atoms with Gasteiger partial charge in [0.25, 0.3) is 5.91 Å². The molecule has 1 aromatic heterocycles. The lowest BCUT2D eigenvalue weighted by molar-refractivity contribution is 0.0732. The van der Waals surface area contributed by atoms with Crippen LogP contribution in [0.25, 0.3) is 0 Å². The van der Waals surface area contributed by atoms with Crippen LogP contribution in [-0.4, -0.2) is 41.8 Å². The third-order valence-corrected chi connectivity index (χ3v) is 4.63. The van der Waals surface area contributed by atoms with Crippen LogP contribution in [0, 0.1) is 6.92 Å². The van der Waals surface area contributed by atoms with E-state index < -0.39 is 0 Å². The van der Waals surface area contributed by atoms with Crippen LogP contribution < -0.4 is 9.47 Å². The molecule has 0 atom stereocenters. The number of carbonyl (C=O) groups is 1. The number of aryl methyl sites for hydroxylation is 2. The summed E-state index contributed by atoms with van der Waals surface area (Å²) in [4.78, 5) is 14.8. The summed E-state index contributed by atoms with van der Waals surface area (Å²) in [5, 5.41) is 8.24. The standard InChI is InChI=1S/C19H23N3O3/c1-5-15-10-16(12(2)20-21-15)19(23)22-7-6-13-8-17(24-3)18(25-4)9-14(13)11-22/h8-10H,5-7,11H2,1-4H3. The van der Waals surface area contributed by atoms with E-state index in [1.54, 1.807) is 14.2 Å². The highest BCUT2D eigenvalue weighted by atomic mass is 16.5. The first-order valence-electron chi connectivity index (χ1n) is 8.43. The van der Waals surface area contributed by atoms with Crippen molar-refractivity contribution in [3.05, 3.63) is 46.3 Å². The van der Waals surface area contributed by atoms with Crippen LogP contribution in [0.4, 0.5) is 0 Å². The first-order chi connectivity index (χ1) is 12.1. The lowest BCUT2D eigenvalue weighted by Crippen LogP contribution is -2.36. The van der Waals surface area contributed by atoms with Gasteiger partial charge in [-0.2, -0.15) is 10.2 Å². The fourth-order valence-corrected chi connectivity index (χ4v) is 3.11. The van der Waals surface area contributed by atoms with Gasteiger partial charge in [0.05, 0.1) is 31.2 Å². The molecule has 0 aliphatic carbocycles. The largest absolute Gasteiger partial charge is 0.493 e. The van der Waals surface area contributed by atoms with Gasteiger partial charge in [0.1, 0.15) is 0 Å². The highest BCUT2D eigenvalue weighted by molar-refractivity contribution is 5.95. The van der Waals surface area contributed by atoms with Gasteiger partial charge in [0, 0.05) is 13.1 Å². The van der Waals surface area contributed by atoms with Crippen molar-refractivity contribution in [3.8, 4) is 11.5 Å². The van der Waals surface area contributed by atoms with Crippen LogP contribution in [0.15, 0.2) is 18.2 Å². The first kappa shape index (κ1) is 17.2. The molecule has 0 N–H and O–H groups in total. The normalized spacial score (nSPS) is 13.4. The molecule has 6 nitrogen and oxygen atoms in total. The fourth-order valence-electron chi connectivity index (χ4n) is 3.11. The number of aromatic nitrogens is 2. The zero-order valence-corrected chi connectivity index (χ0v) is 15.1. The molecule has 1 aliphatic heterocycles. The van der Waals surface area contributed by atoms with Crippen molar-refractivity contribution < 1.29 is 14.3 Å². The van der Waals surface area contributed by atoms with Crippen molar-refractivity contribution in [2.45, 2.75) is 33.2 Å². The van der Waals surface area contributed by atoms with Gasteiger partial charge in [-0.1, -0.05) is 6.92 Å². The Morgan fingerprint density at radius 2 is 1.80 bits per heavy atom. The van der Waals surface area contributed by atoms with E-state index in [4.69, 9.17) is 9.47 Å². The molecule has 0 fully saturated rings. The predicted octanol–water partition coefficient (Wildman–Crippen LogP) is 2.56. The van der Waals surface area contributed by atoms with Crippen LogP contribution >= 0.6 is 0 Å². The molecule has 25 heavy (non-hydrogen) atoms. The number of benzene rings is 1. The molecular formula is C19H23N3O3. The zero-order chi connectivity index (χ0) is 18.0. The summed E-state index contributed by atoms with van der Waals surface area (Å²) in [6, 6.07) is 5.82. The molecule has 2 aromatic rings. The van der Waals surface area contributed by atoms with Crippen molar-refractivity contribution in [1.82, 2.24) is 15.1 Å². The number of hydrogen-bond donors (Lipinski definition) is 0. The van der Waals surface area contributed by atoms with Gasteiger partial charge in [-0.05, 0) is 49.1 Å². The lowest BCUT2D eigenvalue weighted by Gasteiger charge is -2.30. The molecule has 6 heteroatoms. The van der Waals surface area contributed by atoms with Crippen LogP contribution in [0.1, 0.15) is 39.8 Å². The third-order valence-electron chi connectivity index (χ3n) is 4.63. The minimum atomic E-state index is 0.00235. The molecule has 132 valence electrons. The average molecular weight is 341 g/mol. The van der Waals surface area contributed by atoms with Crippen molar-refractivity contribution in [1.29, 1.82) is 0 Å². The Morgan fingerprint density at radius 3 is 2.44 bits per heavy atom. The summed E-state index contributed by atoms with van der Waals surface area (Å²) < 4.78 is 10.8. The summed E-state index contributed by atoms with van der Waals surface area (Å²) in [6.07, 6.45) is 1.55. The minimum absolute atomic E-state index is 0.00235. The van der Waals surface area contributed by atoms with Gasteiger partial charge in [-0.3, -0.25) is 4.79 Å². The molecule has 3 rings (SSSR count). The SMILES string of the molecule is CCc1cc(C(=O)N2CCc3cc(OC)c(OC)cc3C2)c(C)nn1. The Labute approximate surface area is 147 Å². The molecule has 0 radical (unpaired) electrons. The molecule has 1 amide bonds. The van der Waals surface area contributed by atoms with Crippen LogP contribution in [0.5, 0.6) is 11.5 Å². The number of hydrogen-bond acceptors (Lipinski definition) is 5. The van der Waals surface area contributed by atoms with Crippen molar-refractivity contribution >= 4 is 5.91 Å². The van der Waals surface area contributed by atoms with Crippen molar-refractivity contribution in [3.63, 3.8) is 0 Å². The molecule has 1 aliphatic rings. The van der Waals surface area contributed by atoms with Gasteiger partial charge in [-0.15, -0.1) is 0 Å². The van der Waals surface area contributed by atoms with Crippen LogP contribution in [-0.2, 0) is 19.4 Å². The van der Waals surface area contributed by atoms with Gasteiger partial charge < -0.3 is 14.4 Å². The smallest absolute Gasteiger partial charge is 0.256 e. The van der Waals surface area contributed by atoms with E-state index in [9.17, 15) is 4.79 Å². The molecule has 1 aromatic carbocycles. The molecule has 2 heterocycles. The van der Waals surface area contributed by atoms with Crippen LogP contribution in [0.3, 0.4) is 0 Å². The molecule has 0 saturated carbocycles. The van der Waals surface area contributed by atoms with E-state index in [-0.39, 0.29) is 5.91 Å². The number of rotatable bonds is 4. The Kier molecular flexibility index (Phi) is 4.88. The maximum atomic E-state index is 13.0. The van der Waals surface area contributed by atoms with E-state index in [2.05, 4.69) is 10.2 Å². The predicted molar refractivity (Wildman–Crippen MR) is 94.1 cm³/mol. The maximum Gasteiger partial charge on any atom is 0.256 e. The Balaban J connectivity index is 1.88. The van der Waals surface area contributed by atoms with E-state index >= 15 is 0 Å². The van der Waals surface area contributed by atoms with Gasteiger partial charge >= 0.3 is 0 Å². The highest BCUT2D eigenvalue weighted by Gasteiger charge is 2.25. The summed E-state index contributed by atoms with van der Waals surface area (Å²) in [6.45, 7) is 5.05. The Bertz CT molecular complexity index is 805. The number of methoxy groups -OCH3 is 2. The van der Waals surface area contributed by atoms with E-state index in [0.29, 0.717) is 30.1 Å². The molecule has 0 saturated heterocycles. The van der Waals surface area contributed by atoms with Gasteiger partial charge in [0.2, 0.25) is 0 Å². The van der Waals surface area contributed by atoms with Crippen LogP contribution in [0.2, 0.25) is 0 Å². The topological polar surface area (TPSA) is 64.6 Å². The number of carbonyl (C=O) groups excluding carboxylic acids is 1. The molecular weight excluding hydrogens is 318 g/mol. The maximum absolute atomic E-state index is 13.0. The Hall–Kier alpha value is -2.63. The molecule has 0 unspecified atom stereocenters. The second-order valence-electron chi connectivity index (χ2n) is 6.14.